The highest BCUT2D eigenvalue weighted by molar-refractivity contribution is 5.69. The summed E-state index contributed by atoms with van der Waals surface area (Å²) in [5.41, 5.74) is -1.92. The molecule has 0 aliphatic carbocycles. The first-order chi connectivity index (χ1) is 7.62. The van der Waals surface area contributed by atoms with Crippen molar-refractivity contribution in [1.29, 1.82) is 0 Å². The van der Waals surface area contributed by atoms with E-state index in [9.17, 15) is 9.90 Å². The first-order valence-corrected chi connectivity index (χ1v) is 5.88. The second-order valence-corrected chi connectivity index (χ2v) is 5.98. The number of hydrogen-bond donors (Lipinski definition) is 2. The zero-order valence-corrected chi connectivity index (χ0v) is 11.3. The van der Waals surface area contributed by atoms with Gasteiger partial charge in [0.25, 0.3) is 0 Å². The van der Waals surface area contributed by atoms with Crippen LogP contribution in [-0.2, 0) is 9.47 Å². The van der Waals surface area contributed by atoms with Crippen molar-refractivity contribution < 1.29 is 19.4 Å². The molecule has 2 N–H and O–H groups in total. The van der Waals surface area contributed by atoms with Crippen LogP contribution in [0.5, 0.6) is 0 Å². The van der Waals surface area contributed by atoms with E-state index in [0.717, 1.165) is 0 Å². The summed E-state index contributed by atoms with van der Waals surface area (Å²) in [6.45, 7) is 9.46. The third kappa shape index (κ3) is 3.10. The zero-order valence-electron chi connectivity index (χ0n) is 11.3. The van der Waals surface area contributed by atoms with Crippen LogP contribution in [0.3, 0.4) is 0 Å². The maximum absolute atomic E-state index is 11.8. The summed E-state index contributed by atoms with van der Waals surface area (Å²) < 4.78 is 10.8. The van der Waals surface area contributed by atoms with Gasteiger partial charge in [0.2, 0.25) is 0 Å². The third-order valence-corrected chi connectivity index (χ3v) is 3.15. The van der Waals surface area contributed by atoms with Crippen LogP contribution in [0.15, 0.2) is 0 Å². The Morgan fingerprint density at radius 1 is 1.47 bits per heavy atom. The largest absolute Gasteiger partial charge is 0.444 e. The summed E-state index contributed by atoms with van der Waals surface area (Å²) in [7, 11) is 0. The van der Waals surface area contributed by atoms with E-state index in [4.69, 9.17) is 9.47 Å². The Kier molecular flexibility index (Phi) is 3.74. The minimum Gasteiger partial charge on any atom is -0.444 e. The van der Waals surface area contributed by atoms with Crippen molar-refractivity contribution in [3.63, 3.8) is 0 Å². The van der Waals surface area contributed by atoms with Gasteiger partial charge in [-0.3, -0.25) is 0 Å². The molecule has 0 aromatic heterocycles. The minimum atomic E-state index is -0.769. The molecule has 0 saturated carbocycles. The molecule has 1 aliphatic heterocycles. The molecule has 1 rings (SSSR count). The maximum Gasteiger partial charge on any atom is 0.408 e. The van der Waals surface area contributed by atoms with E-state index in [2.05, 4.69) is 5.32 Å². The molecule has 0 bridgehead atoms. The lowest BCUT2D eigenvalue weighted by Crippen LogP contribution is -2.62. The van der Waals surface area contributed by atoms with Gasteiger partial charge in [0, 0.05) is 6.61 Å². The second-order valence-electron chi connectivity index (χ2n) is 5.98. The Balaban J connectivity index is 2.74. The van der Waals surface area contributed by atoms with Crippen molar-refractivity contribution in [3.8, 4) is 0 Å². The van der Waals surface area contributed by atoms with Gasteiger partial charge in [-0.1, -0.05) is 0 Å². The molecule has 1 saturated heterocycles. The van der Waals surface area contributed by atoms with E-state index >= 15 is 0 Å². The van der Waals surface area contributed by atoms with Gasteiger partial charge in [0.1, 0.15) is 5.60 Å². The Bertz CT molecular complexity index is 295. The van der Waals surface area contributed by atoms with Gasteiger partial charge in [-0.25, -0.2) is 4.79 Å². The zero-order chi connectivity index (χ0) is 13.3. The molecule has 1 aliphatic rings. The van der Waals surface area contributed by atoms with Crippen LogP contribution in [0.1, 0.15) is 41.0 Å². The van der Waals surface area contributed by atoms with Crippen LogP contribution in [0.4, 0.5) is 4.79 Å². The summed E-state index contributed by atoms with van der Waals surface area (Å²) in [4.78, 5) is 11.8. The standard InChI is InChI=1S/C12H23NO4/c1-10(2,3)17-9(15)13-12(8-14)6-7-16-11(12,4)5/h14H,6-8H2,1-5H3,(H,13,15). The van der Waals surface area contributed by atoms with Gasteiger partial charge in [0.15, 0.2) is 0 Å². The predicted molar refractivity (Wildman–Crippen MR) is 63.8 cm³/mol. The molecule has 5 heteroatoms. The average molecular weight is 245 g/mol. The number of amides is 1. The molecule has 0 spiro atoms. The third-order valence-electron chi connectivity index (χ3n) is 3.15. The SMILES string of the molecule is CC(C)(C)OC(=O)NC1(CO)CCOC1(C)C. The van der Waals surface area contributed by atoms with Crippen LogP contribution in [0.2, 0.25) is 0 Å². The molecular weight excluding hydrogens is 222 g/mol. The molecule has 0 radical (unpaired) electrons. The molecule has 100 valence electrons. The molecule has 0 aromatic rings. The quantitative estimate of drug-likeness (QED) is 0.772. The van der Waals surface area contributed by atoms with Crippen molar-refractivity contribution in [2.75, 3.05) is 13.2 Å². The minimum absolute atomic E-state index is 0.167. The number of hydrogen-bond acceptors (Lipinski definition) is 4. The Labute approximate surface area is 102 Å². The second kappa shape index (κ2) is 4.46. The molecule has 1 unspecified atom stereocenters. The predicted octanol–water partition coefficient (Wildman–Crippen LogP) is 1.44. The first-order valence-electron chi connectivity index (χ1n) is 5.88. The number of ether oxygens (including phenoxy) is 2. The van der Waals surface area contributed by atoms with Gasteiger partial charge < -0.3 is 19.9 Å². The smallest absolute Gasteiger partial charge is 0.408 e. The van der Waals surface area contributed by atoms with E-state index in [0.29, 0.717) is 13.0 Å². The summed E-state index contributed by atoms with van der Waals surface area (Å²) in [5.74, 6) is 0. The Morgan fingerprint density at radius 3 is 2.41 bits per heavy atom. The molecule has 17 heavy (non-hydrogen) atoms. The topological polar surface area (TPSA) is 67.8 Å². The van der Waals surface area contributed by atoms with Crippen molar-refractivity contribution in [1.82, 2.24) is 5.32 Å². The Hall–Kier alpha value is -0.810. The normalized spacial score (nSPS) is 27.9. The van der Waals surface area contributed by atoms with Gasteiger partial charge in [-0.15, -0.1) is 0 Å². The van der Waals surface area contributed by atoms with Gasteiger partial charge in [-0.2, -0.15) is 0 Å². The number of nitrogens with one attached hydrogen (secondary N) is 1. The van der Waals surface area contributed by atoms with E-state index in [1.54, 1.807) is 20.8 Å². The number of aliphatic hydroxyl groups excluding tert-OH is 1. The lowest BCUT2D eigenvalue weighted by molar-refractivity contribution is -0.0350. The van der Waals surface area contributed by atoms with Crippen LogP contribution in [0, 0.1) is 0 Å². The number of aliphatic hydroxyl groups is 1. The van der Waals surface area contributed by atoms with Crippen LogP contribution in [0.25, 0.3) is 0 Å². The summed E-state index contributed by atoms with van der Waals surface area (Å²) in [6, 6.07) is 0. The van der Waals surface area contributed by atoms with Crippen LogP contribution < -0.4 is 5.32 Å². The lowest BCUT2D eigenvalue weighted by Gasteiger charge is -2.39. The molecule has 1 atom stereocenters. The molecular formula is C12H23NO4. The maximum atomic E-state index is 11.8. The van der Waals surface area contributed by atoms with E-state index in [1.807, 2.05) is 13.8 Å². The highest BCUT2D eigenvalue weighted by Crippen LogP contribution is 2.35. The highest BCUT2D eigenvalue weighted by atomic mass is 16.6. The summed E-state index contributed by atoms with van der Waals surface area (Å²) in [6.07, 6.45) is 0.0561. The fourth-order valence-corrected chi connectivity index (χ4v) is 1.94. The van der Waals surface area contributed by atoms with E-state index in [-0.39, 0.29) is 6.61 Å². The summed E-state index contributed by atoms with van der Waals surface area (Å²) >= 11 is 0. The monoisotopic (exact) mass is 245 g/mol. The first kappa shape index (κ1) is 14.3. The van der Waals surface area contributed by atoms with Gasteiger partial charge in [0.05, 0.1) is 17.7 Å². The number of alkyl carbamates (subject to hydrolysis) is 1. The number of rotatable bonds is 2. The molecule has 1 fully saturated rings. The van der Waals surface area contributed by atoms with Crippen molar-refractivity contribution in [3.05, 3.63) is 0 Å². The molecule has 0 aromatic carbocycles. The highest BCUT2D eigenvalue weighted by Gasteiger charge is 2.51. The summed E-state index contributed by atoms with van der Waals surface area (Å²) in [5, 5.41) is 12.3. The molecule has 1 heterocycles. The lowest BCUT2D eigenvalue weighted by atomic mass is 9.83. The van der Waals surface area contributed by atoms with Crippen molar-refractivity contribution in [2.24, 2.45) is 0 Å². The number of carbonyl (C=O) groups excluding carboxylic acids is 1. The van der Waals surface area contributed by atoms with Crippen molar-refractivity contribution >= 4 is 6.09 Å². The Morgan fingerprint density at radius 2 is 2.06 bits per heavy atom. The van der Waals surface area contributed by atoms with E-state index in [1.165, 1.54) is 0 Å². The molecule has 1 amide bonds. The van der Waals surface area contributed by atoms with Crippen LogP contribution >= 0.6 is 0 Å². The van der Waals surface area contributed by atoms with Crippen molar-refractivity contribution in [2.45, 2.75) is 57.8 Å². The number of carbonyl (C=O) groups is 1. The van der Waals surface area contributed by atoms with Gasteiger partial charge >= 0.3 is 6.09 Å². The average Bonchev–Trinajstić information content (AvgIpc) is 2.39. The van der Waals surface area contributed by atoms with E-state index < -0.39 is 22.8 Å². The fourth-order valence-electron chi connectivity index (χ4n) is 1.94. The van der Waals surface area contributed by atoms with Crippen LogP contribution in [-0.4, -0.2) is 41.2 Å². The van der Waals surface area contributed by atoms with Gasteiger partial charge in [-0.05, 0) is 41.0 Å². The fraction of sp³-hybridized carbons (Fsp3) is 0.917. The molecule has 5 nitrogen and oxygen atoms in total.